The standard InChI is InChI=1S/C17H19N/c1-12-16-10-18(2)11-17(12,16)15-8-7-13-5-3-4-6-14(13)9-15/h3-9,12,16H,10-11H2,1-2H3/t12?,16-,17?/m1/s1. The van der Waals surface area contributed by atoms with Crippen LogP contribution in [0.3, 0.4) is 0 Å². The Bertz CT molecular complexity index is 618. The summed E-state index contributed by atoms with van der Waals surface area (Å²) in [6.45, 7) is 4.93. The van der Waals surface area contributed by atoms with E-state index in [1.54, 1.807) is 5.56 Å². The average molecular weight is 237 g/mol. The normalized spacial score (nSPS) is 34.8. The predicted octanol–water partition coefficient (Wildman–Crippen LogP) is 3.29. The zero-order valence-electron chi connectivity index (χ0n) is 11.1. The summed E-state index contributed by atoms with van der Waals surface area (Å²) in [4.78, 5) is 2.49. The Morgan fingerprint density at radius 2 is 1.89 bits per heavy atom. The van der Waals surface area contributed by atoms with Gasteiger partial charge < -0.3 is 4.90 Å². The molecule has 0 N–H and O–H groups in total. The van der Waals surface area contributed by atoms with Gasteiger partial charge in [-0.2, -0.15) is 0 Å². The summed E-state index contributed by atoms with van der Waals surface area (Å²) in [5.41, 5.74) is 2.02. The summed E-state index contributed by atoms with van der Waals surface area (Å²) < 4.78 is 0. The highest BCUT2D eigenvalue weighted by atomic mass is 15.2. The summed E-state index contributed by atoms with van der Waals surface area (Å²) in [5, 5.41) is 2.74. The number of likely N-dealkylation sites (tertiary alicyclic amines) is 1. The van der Waals surface area contributed by atoms with Gasteiger partial charge in [-0.3, -0.25) is 0 Å². The van der Waals surface area contributed by atoms with Crippen molar-refractivity contribution in [3.05, 3.63) is 48.0 Å². The Kier molecular flexibility index (Phi) is 1.97. The van der Waals surface area contributed by atoms with Gasteiger partial charge >= 0.3 is 0 Å². The van der Waals surface area contributed by atoms with Crippen molar-refractivity contribution in [2.45, 2.75) is 12.3 Å². The Hall–Kier alpha value is -1.34. The van der Waals surface area contributed by atoms with Gasteiger partial charge in [-0.15, -0.1) is 0 Å². The molecule has 2 unspecified atom stereocenters. The molecule has 1 saturated carbocycles. The SMILES string of the molecule is CC1[C@H]2CN(C)CC12c1ccc2ccccc2c1. The van der Waals surface area contributed by atoms with Crippen LogP contribution >= 0.6 is 0 Å². The molecule has 1 aliphatic carbocycles. The van der Waals surface area contributed by atoms with E-state index in [4.69, 9.17) is 0 Å². The van der Waals surface area contributed by atoms with E-state index >= 15 is 0 Å². The van der Waals surface area contributed by atoms with Crippen molar-refractivity contribution in [1.82, 2.24) is 4.90 Å². The molecular weight excluding hydrogens is 218 g/mol. The third-order valence-electron chi connectivity index (χ3n) is 5.30. The quantitative estimate of drug-likeness (QED) is 0.735. The maximum absolute atomic E-state index is 2.49. The van der Waals surface area contributed by atoms with Crippen LogP contribution in [0.5, 0.6) is 0 Å². The van der Waals surface area contributed by atoms with Crippen LogP contribution in [0.25, 0.3) is 10.8 Å². The minimum atomic E-state index is 0.457. The molecule has 1 saturated heterocycles. The summed E-state index contributed by atoms with van der Waals surface area (Å²) >= 11 is 0. The number of fused-ring (bicyclic) bond motifs is 2. The minimum absolute atomic E-state index is 0.457. The van der Waals surface area contributed by atoms with Crippen LogP contribution in [0.2, 0.25) is 0 Å². The first-order valence-corrected chi connectivity index (χ1v) is 6.89. The Labute approximate surface area is 108 Å². The average Bonchev–Trinajstić information content (AvgIpc) is 2.79. The van der Waals surface area contributed by atoms with Crippen LogP contribution in [0.4, 0.5) is 0 Å². The molecule has 2 aromatic rings. The zero-order valence-corrected chi connectivity index (χ0v) is 11.1. The van der Waals surface area contributed by atoms with E-state index in [-0.39, 0.29) is 0 Å². The molecule has 0 spiro atoms. The van der Waals surface area contributed by atoms with Gasteiger partial charge in [-0.25, -0.2) is 0 Å². The van der Waals surface area contributed by atoms with Crippen molar-refractivity contribution < 1.29 is 0 Å². The molecule has 1 nitrogen and oxygen atoms in total. The molecule has 1 heterocycles. The van der Waals surface area contributed by atoms with Crippen molar-refractivity contribution in [2.24, 2.45) is 11.8 Å². The van der Waals surface area contributed by atoms with Crippen molar-refractivity contribution in [2.75, 3.05) is 20.1 Å². The van der Waals surface area contributed by atoms with Crippen molar-refractivity contribution in [1.29, 1.82) is 0 Å². The first-order chi connectivity index (χ1) is 8.72. The highest BCUT2D eigenvalue weighted by Gasteiger charge is 2.66. The lowest BCUT2D eigenvalue weighted by Gasteiger charge is -2.19. The van der Waals surface area contributed by atoms with Crippen LogP contribution in [-0.4, -0.2) is 25.0 Å². The number of hydrogen-bond acceptors (Lipinski definition) is 1. The lowest BCUT2D eigenvalue weighted by molar-refractivity contribution is 0.338. The summed E-state index contributed by atoms with van der Waals surface area (Å²) in [6.07, 6.45) is 0. The maximum atomic E-state index is 2.49. The molecule has 1 heteroatoms. The first kappa shape index (κ1) is 10.6. The van der Waals surface area contributed by atoms with Crippen molar-refractivity contribution in [3.8, 4) is 0 Å². The third-order valence-corrected chi connectivity index (χ3v) is 5.30. The molecule has 0 radical (unpaired) electrons. The fourth-order valence-corrected chi connectivity index (χ4v) is 4.20. The molecule has 3 atom stereocenters. The van der Waals surface area contributed by atoms with Gasteiger partial charge in [-0.05, 0) is 35.2 Å². The highest BCUT2D eigenvalue weighted by molar-refractivity contribution is 5.83. The van der Waals surface area contributed by atoms with Crippen LogP contribution in [0, 0.1) is 11.8 Å². The second-order valence-electron chi connectivity index (χ2n) is 6.19. The van der Waals surface area contributed by atoms with Crippen LogP contribution in [-0.2, 0) is 5.41 Å². The lowest BCUT2D eigenvalue weighted by Crippen LogP contribution is -2.24. The van der Waals surface area contributed by atoms with E-state index in [0.717, 1.165) is 11.8 Å². The summed E-state index contributed by atoms with van der Waals surface area (Å²) in [5.74, 6) is 1.73. The second-order valence-corrected chi connectivity index (χ2v) is 6.19. The van der Waals surface area contributed by atoms with Crippen LogP contribution < -0.4 is 0 Å². The van der Waals surface area contributed by atoms with E-state index in [1.165, 1.54) is 23.9 Å². The van der Waals surface area contributed by atoms with Crippen molar-refractivity contribution >= 4 is 10.8 Å². The van der Waals surface area contributed by atoms with E-state index in [0.29, 0.717) is 5.41 Å². The van der Waals surface area contributed by atoms with Gasteiger partial charge in [0.1, 0.15) is 0 Å². The van der Waals surface area contributed by atoms with Gasteiger partial charge in [0.05, 0.1) is 0 Å². The third kappa shape index (κ3) is 1.20. The van der Waals surface area contributed by atoms with Gasteiger partial charge in [-0.1, -0.05) is 49.4 Å². The maximum Gasteiger partial charge on any atom is 0.0153 e. The van der Waals surface area contributed by atoms with Gasteiger partial charge in [0, 0.05) is 18.5 Å². The van der Waals surface area contributed by atoms with Crippen LogP contribution in [0.15, 0.2) is 42.5 Å². The number of rotatable bonds is 1. The predicted molar refractivity (Wildman–Crippen MR) is 75.8 cm³/mol. The molecule has 18 heavy (non-hydrogen) atoms. The molecule has 0 aromatic heterocycles. The minimum Gasteiger partial charge on any atom is -0.305 e. The topological polar surface area (TPSA) is 3.24 Å². The molecule has 2 aliphatic rings. The van der Waals surface area contributed by atoms with Gasteiger partial charge in [0.25, 0.3) is 0 Å². The number of likely N-dealkylation sites (N-methyl/N-ethyl adjacent to an activating group) is 1. The van der Waals surface area contributed by atoms with Crippen molar-refractivity contribution in [3.63, 3.8) is 0 Å². The molecule has 0 bridgehead atoms. The van der Waals surface area contributed by atoms with E-state index in [2.05, 4.69) is 61.3 Å². The fourth-order valence-electron chi connectivity index (χ4n) is 4.20. The van der Waals surface area contributed by atoms with E-state index < -0.39 is 0 Å². The van der Waals surface area contributed by atoms with E-state index in [9.17, 15) is 0 Å². The molecular formula is C17H19N. The molecule has 0 amide bonds. The van der Waals surface area contributed by atoms with Gasteiger partial charge in [0.2, 0.25) is 0 Å². The second kappa shape index (κ2) is 3.36. The Morgan fingerprint density at radius 1 is 1.11 bits per heavy atom. The molecule has 92 valence electrons. The zero-order chi connectivity index (χ0) is 12.3. The van der Waals surface area contributed by atoms with Crippen LogP contribution in [0.1, 0.15) is 12.5 Å². The molecule has 2 aromatic carbocycles. The monoisotopic (exact) mass is 237 g/mol. The highest BCUT2D eigenvalue weighted by Crippen LogP contribution is 2.63. The number of hydrogen-bond donors (Lipinski definition) is 0. The summed E-state index contributed by atoms with van der Waals surface area (Å²) in [7, 11) is 2.25. The number of nitrogens with zero attached hydrogens (tertiary/aromatic N) is 1. The van der Waals surface area contributed by atoms with E-state index in [1.807, 2.05) is 0 Å². The smallest absolute Gasteiger partial charge is 0.0153 e. The molecule has 1 aliphatic heterocycles. The van der Waals surface area contributed by atoms with Gasteiger partial charge in [0.15, 0.2) is 0 Å². The molecule has 2 fully saturated rings. The first-order valence-electron chi connectivity index (χ1n) is 6.89. The number of piperidine rings is 1. The Morgan fingerprint density at radius 3 is 2.67 bits per heavy atom. The fraction of sp³-hybridized carbons (Fsp3) is 0.412. The summed E-state index contributed by atoms with van der Waals surface area (Å²) in [6, 6.07) is 15.8. The largest absolute Gasteiger partial charge is 0.305 e. The number of benzene rings is 2. The Balaban J connectivity index is 1.84. The molecule has 4 rings (SSSR count). The lowest BCUT2D eigenvalue weighted by atomic mass is 9.91.